The first-order chi connectivity index (χ1) is 9.98. The molecule has 0 saturated carbocycles. The van der Waals surface area contributed by atoms with E-state index >= 15 is 0 Å². The highest BCUT2D eigenvalue weighted by atomic mass is 32.2. The molecule has 2 rings (SSSR count). The van der Waals surface area contributed by atoms with Gasteiger partial charge in [0.25, 0.3) is 10.0 Å². The van der Waals surface area contributed by atoms with Crippen molar-refractivity contribution in [2.75, 3.05) is 32.7 Å². The predicted octanol–water partition coefficient (Wildman–Crippen LogP) is -0.146. The van der Waals surface area contributed by atoms with E-state index in [1.165, 1.54) is 10.6 Å². The van der Waals surface area contributed by atoms with Crippen LogP contribution in [0, 0.1) is 0 Å². The van der Waals surface area contributed by atoms with Gasteiger partial charge in [-0.3, -0.25) is 4.90 Å². The fraction of sp³-hybridized carbons (Fsp3) is 0.769. The molecule has 0 aromatic carbocycles. The lowest BCUT2D eigenvalue weighted by atomic mass is 10.1. The van der Waals surface area contributed by atoms with Crippen molar-refractivity contribution >= 4 is 10.0 Å². The number of aromatic nitrogens is 2. The van der Waals surface area contributed by atoms with Gasteiger partial charge in [0.15, 0.2) is 5.03 Å². The summed E-state index contributed by atoms with van der Waals surface area (Å²) in [5, 5.41) is 0.132. The van der Waals surface area contributed by atoms with Gasteiger partial charge in [-0.05, 0) is 19.4 Å². The minimum atomic E-state index is -3.46. The van der Waals surface area contributed by atoms with Gasteiger partial charge >= 0.3 is 0 Å². The van der Waals surface area contributed by atoms with Crippen LogP contribution in [0.5, 0.6) is 0 Å². The molecule has 1 atom stereocenters. The summed E-state index contributed by atoms with van der Waals surface area (Å²) in [6.07, 6.45) is 5.07. The maximum absolute atomic E-state index is 12.5. The Morgan fingerprint density at radius 3 is 2.48 bits per heavy atom. The lowest BCUT2D eigenvalue weighted by Gasteiger charge is -2.38. The third kappa shape index (κ3) is 3.63. The molecule has 2 heterocycles. The Hall–Kier alpha value is -0.960. The van der Waals surface area contributed by atoms with Crippen LogP contribution >= 0.6 is 0 Å². The van der Waals surface area contributed by atoms with Crippen molar-refractivity contribution in [1.29, 1.82) is 0 Å². The smallest absolute Gasteiger partial charge is 0.262 e. The summed E-state index contributed by atoms with van der Waals surface area (Å²) in [5.74, 6) is 0. The molecule has 1 aliphatic rings. The fourth-order valence-electron chi connectivity index (χ4n) is 2.80. The van der Waals surface area contributed by atoms with Gasteiger partial charge in [0.05, 0.1) is 6.33 Å². The van der Waals surface area contributed by atoms with Gasteiger partial charge in [-0.25, -0.2) is 13.4 Å². The van der Waals surface area contributed by atoms with Crippen LogP contribution in [0.1, 0.15) is 19.8 Å². The molecule has 0 bridgehead atoms. The molecule has 0 aliphatic carbocycles. The molecule has 8 heteroatoms. The minimum Gasteiger partial charge on any atom is -0.339 e. The lowest BCUT2D eigenvalue weighted by molar-refractivity contribution is 0.129. The molecule has 120 valence electrons. The Balaban J connectivity index is 2.00. The van der Waals surface area contributed by atoms with Gasteiger partial charge in [0.1, 0.15) is 0 Å². The van der Waals surface area contributed by atoms with Crippen LogP contribution in [-0.4, -0.2) is 65.9 Å². The maximum atomic E-state index is 12.5. The van der Waals surface area contributed by atoms with E-state index in [1.54, 1.807) is 17.8 Å². The quantitative estimate of drug-likeness (QED) is 0.789. The second kappa shape index (κ2) is 6.87. The lowest BCUT2D eigenvalue weighted by Crippen LogP contribution is -2.52. The highest BCUT2D eigenvalue weighted by Crippen LogP contribution is 2.18. The number of rotatable bonds is 6. The van der Waals surface area contributed by atoms with Gasteiger partial charge in [-0.2, -0.15) is 4.31 Å². The molecule has 21 heavy (non-hydrogen) atoms. The number of nitrogens with two attached hydrogens (primary N) is 1. The molecule has 1 saturated heterocycles. The van der Waals surface area contributed by atoms with Gasteiger partial charge in [0, 0.05) is 45.5 Å². The predicted molar refractivity (Wildman–Crippen MR) is 81.3 cm³/mol. The van der Waals surface area contributed by atoms with Crippen LogP contribution in [0.4, 0.5) is 0 Å². The number of sulfonamides is 1. The second-order valence-corrected chi connectivity index (χ2v) is 7.34. The van der Waals surface area contributed by atoms with E-state index in [0.29, 0.717) is 25.7 Å². The largest absolute Gasteiger partial charge is 0.339 e. The molecule has 1 aromatic rings. The highest BCUT2D eigenvalue weighted by molar-refractivity contribution is 7.89. The first kappa shape index (κ1) is 16.4. The zero-order valence-corrected chi connectivity index (χ0v) is 13.6. The Labute approximate surface area is 126 Å². The van der Waals surface area contributed by atoms with Crippen molar-refractivity contribution in [1.82, 2.24) is 18.8 Å². The van der Waals surface area contributed by atoms with Crippen LogP contribution in [0.3, 0.4) is 0 Å². The van der Waals surface area contributed by atoms with Crippen molar-refractivity contribution in [2.24, 2.45) is 12.8 Å². The summed E-state index contributed by atoms with van der Waals surface area (Å²) in [5.41, 5.74) is 5.64. The van der Waals surface area contributed by atoms with E-state index < -0.39 is 10.0 Å². The summed E-state index contributed by atoms with van der Waals surface area (Å²) in [4.78, 5) is 6.31. The number of hydrogen-bond donors (Lipinski definition) is 1. The zero-order chi connectivity index (χ0) is 15.5. The van der Waals surface area contributed by atoms with Gasteiger partial charge in [-0.15, -0.1) is 0 Å². The molecule has 1 aromatic heterocycles. The normalized spacial score (nSPS) is 19.8. The average molecular weight is 315 g/mol. The molecular formula is C13H25N5O2S. The summed E-state index contributed by atoms with van der Waals surface area (Å²) in [6, 6.07) is 0.453. The van der Waals surface area contributed by atoms with Crippen LogP contribution in [0.25, 0.3) is 0 Å². The SMILES string of the molecule is CCC(CCN)N1CCN(S(=O)(=O)c2cn(C)cn2)CC1. The van der Waals surface area contributed by atoms with Crippen molar-refractivity contribution in [3.8, 4) is 0 Å². The van der Waals surface area contributed by atoms with E-state index in [4.69, 9.17) is 5.73 Å². The molecular weight excluding hydrogens is 290 g/mol. The molecule has 2 N–H and O–H groups in total. The van der Waals surface area contributed by atoms with E-state index in [0.717, 1.165) is 25.9 Å². The summed E-state index contributed by atoms with van der Waals surface area (Å²) >= 11 is 0. The van der Waals surface area contributed by atoms with Crippen LogP contribution in [0.15, 0.2) is 17.6 Å². The molecule has 0 amide bonds. The summed E-state index contributed by atoms with van der Waals surface area (Å²) < 4.78 is 28.1. The number of nitrogens with zero attached hydrogens (tertiary/aromatic N) is 4. The third-order valence-corrected chi connectivity index (χ3v) is 5.83. The van der Waals surface area contributed by atoms with Gasteiger partial charge in [0.2, 0.25) is 0 Å². The Morgan fingerprint density at radius 1 is 1.33 bits per heavy atom. The third-order valence-electron chi connectivity index (χ3n) is 4.05. The maximum Gasteiger partial charge on any atom is 0.262 e. The van der Waals surface area contributed by atoms with Crippen molar-refractivity contribution in [3.63, 3.8) is 0 Å². The van der Waals surface area contributed by atoms with Gasteiger partial charge < -0.3 is 10.3 Å². The van der Waals surface area contributed by atoms with E-state index in [2.05, 4.69) is 16.8 Å². The topological polar surface area (TPSA) is 84.5 Å². The first-order valence-corrected chi connectivity index (χ1v) is 8.85. The van der Waals surface area contributed by atoms with Crippen LogP contribution in [0.2, 0.25) is 0 Å². The van der Waals surface area contributed by atoms with Crippen molar-refractivity contribution in [2.45, 2.75) is 30.8 Å². The van der Waals surface area contributed by atoms with Crippen molar-refractivity contribution in [3.05, 3.63) is 12.5 Å². The molecule has 7 nitrogen and oxygen atoms in total. The molecule has 1 aliphatic heterocycles. The van der Waals surface area contributed by atoms with E-state index in [9.17, 15) is 8.42 Å². The van der Waals surface area contributed by atoms with Crippen LogP contribution in [-0.2, 0) is 17.1 Å². The Morgan fingerprint density at radius 2 is 2.00 bits per heavy atom. The molecule has 1 unspecified atom stereocenters. The second-order valence-electron chi connectivity index (χ2n) is 5.46. The Kier molecular flexibility index (Phi) is 5.37. The number of piperazine rings is 1. The Bertz CT molecular complexity index is 549. The van der Waals surface area contributed by atoms with E-state index in [1.807, 2.05) is 0 Å². The number of hydrogen-bond acceptors (Lipinski definition) is 5. The first-order valence-electron chi connectivity index (χ1n) is 7.41. The van der Waals surface area contributed by atoms with Crippen molar-refractivity contribution < 1.29 is 8.42 Å². The molecule has 0 radical (unpaired) electrons. The summed E-state index contributed by atoms with van der Waals surface area (Å²) in [7, 11) is -1.69. The number of aryl methyl sites for hydroxylation is 1. The standard InChI is InChI=1S/C13H25N5O2S/c1-3-12(4-5-14)17-6-8-18(9-7-17)21(19,20)13-10-16(2)11-15-13/h10-12H,3-9,14H2,1-2H3. The van der Waals surface area contributed by atoms with E-state index in [-0.39, 0.29) is 5.03 Å². The minimum absolute atomic E-state index is 0.132. The molecule has 1 fully saturated rings. The summed E-state index contributed by atoms with van der Waals surface area (Å²) in [6.45, 7) is 5.36. The average Bonchev–Trinajstić information content (AvgIpc) is 2.92. The highest BCUT2D eigenvalue weighted by Gasteiger charge is 2.31. The molecule has 0 spiro atoms. The monoisotopic (exact) mass is 315 g/mol. The van der Waals surface area contributed by atoms with Crippen LogP contribution < -0.4 is 5.73 Å². The fourth-order valence-corrected chi connectivity index (χ4v) is 4.19. The number of imidazole rings is 1. The van der Waals surface area contributed by atoms with Gasteiger partial charge in [-0.1, -0.05) is 6.92 Å². The zero-order valence-electron chi connectivity index (χ0n) is 12.8.